The van der Waals surface area contributed by atoms with Crippen LogP contribution >= 0.6 is 0 Å². The van der Waals surface area contributed by atoms with Gasteiger partial charge in [0, 0.05) is 12.1 Å². The van der Waals surface area contributed by atoms with E-state index in [-0.39, 0.29) is 23.8 Å². The van der Waals surface area contributed by atoms with Gasteiger partial charge in [0.25, 0.3) is 5.91 Å². The third-order valence-corrected chi connectivity index (χ3v) is 4.61. The number of aromatic nitrogens is 2. The second-order valence-electron chi connectivity index (χ2n) is 8.10. The molecule has 28 heavy (non-hydrogen) atoms. The van der Waals surface area contributed by atoms with Crippen molar-refractivity contribution in [2.45, 2.75) is 64.1 Å². The minimum Gasteiger partial charge on any atom is -0.444 e. The molecule has 1 aromatic carbocycles. The van der Waals surface area contributed by atoms with Gasteiger partial charge in [0.2, 0.25) is 0 Å². The molecule has 0 unspecified atom stereocenters. The van der Waals surface area contributed by atoms with Crippen molar-refractivity contribution in [3.8, 4) is 6.07 Å². The molecule has 0 atom stereocenters. The van der Waals surface area contributed by atoms with Crippen LogP contribution in [-0.2, 0) is 4.74 Å². The summed E-state index contributed by atoms with van der Waals surface area (Å²) in [5.41, 5.74) is 1.30. The van der Waals surface area contributed by atoms with Gasteiger partial charge in [-0.25, -0.2) is 9.78 Å². The van der Waals surface area contributed by atoms with Gasteiger partial charge in [0.05, 0.1) is 22.7 Å². The van der Waals surface area contributed by atoms with Gasteiger partial charge in [0.15, 0.2) is 5.82 Å². The Labute approximate surface area is 163 Å². The van der Waals surface area contributed by atoms with E-state index in [2.05, 4.69) is 26.7 Å². The smallest absolute Gasteiger partial charge is 0.407 e. The fraction of sp³-hybridized carbons (Fsp3) is 0.500. The highest BCUT2D eigenvalue weighted by molar-refractivity contribution is 5.94. The number of H-pyrrole nitrogens is 1. The Kier molecular flexibility index (Phi) is 5.54. The molecule has 0 aliphatic heterocycles. The molecule has 3 N–H and O–H groups in total. The van der Waals surface area contributed by atoms with Crippen LogP contribution in [0, 0.1) is 11.3 Å². The number of nitrogens with one attached hydrogen (secondary N) is 3. The van der Waals surface area contributed by atoms with Crippen LogP contribution in [0.25, 0.3) is 11.0 Å². The molecule has 2 aromatic rings. The summed E-state index contributed by atoms with van der Waals surface area (Å²) in [6.45, 7) is 5.49. The SMILES string of the molecule is CC(C)(C)OC(=O)N[C@H]1CC[C@H](NC(=O)c2nc3ccc(C#N)cc3[nH]2)CC1. The summed E-state index contributed by atoms with van der Waals surface area (Å²) in [6.07, 6.45) is 2.68. The van der Waals surface area contributed by atoms with E-state index < -0.39 is 11.7 Å². The molecule has 8 nitrogen and oxygen atoms in total. The molecular weight excluding hydrogens is 358 g/mol. The summed E-state index contributed by atoms with van der Waals surface area (Å²) >= 11 is 0. The Bertz CT molecular complexity index is 914. The van der Waals surface area contributed by atoms with Crippen molar-refractivity contribution in [2.24, 2.45) is 0 Å². The van der Waals surface area contributed by atoms with Crippen LogP contribution in [0.1, 0.15) is 62.6 Å². The van der Waals surface area contributed by atoms with E-state index in [0.29, 0.717) is 16.6 Å². The van der Waals surface area contributed by atoms with Gasteiger partial charge >= 0.3 is 6.09 Å². The highest BCUT2D eigenvalue weighted by atomic mass is 16.6. The third-order valence-electron chi connectivity index (χ3n) is 4.61. The Morgan fingerprint density at radius 1 is 1.18 bits per heavy atom. The molecule has 2 amide bonds. The molecule has 1 saturated carbocycles. The van der Waals surface area contributed by atoms with E-state index in [1.54, 1.807) is 18.2 Å². The fourth-order valence-corrected chi connectivity index (χ4v) is 3.30. The molecule has 1 aliphatic rings. The Morgan fingerprint density at radius 3 is 2.43 bits per heavy atom. The molecule has 1 fully saturated rings. The predicted octanol–water partition coefficient (Wildman–Crippen LogP) is 3.00. The van der Waals surface area contributed by atoms with Crippen LogP contribution in [-0.4, -0.2) is 39.7 Å². The number of imidazole rings is 1. The first-order valence-corrected chi connectivity index (χ1v) is 9.44. The van der Waals surface area contributed by atoms with Crippen molar-refractivity contribution >= 4 is 23.0 Å². The predicted molar refractivity (Wildman–Crippen MR) is 104 cm³/mol. The van der Waals surface area contributed by atoms with E-state index in [0.717, 1.165) is 25.7 Å². The number of rotatable bonds is 3. The zero-order valence-electron chi connectivity index (χ0n) is 16.3. The van der Waals surface area contributed by atoms with Crippen LogP contribution in [0.5, 0.6) is 0 Å². The molecular formula is C20H25N5O3. The number of aromatic amines is 1. The van der Waals surface area contributed by atoms with Gasteiger partial charge in [0.1, 0.15) is 5.60 Å². The normalized spacial score (nSPS) is 19.6. The quantitative estimate of drug-likeness (QED) is 0.752. The third kappa shape index (κ3) is 5.00. The highest BCUT2D eigenvalue weighted by Crippen LogP contribution is 2.20. The molecule has 1 heterocycles. The molecule has 8 heteroatoms. The number of carbonyl (C=O) groups excluding carboxylic acids is 2. The second-order valence-corrected chi connectivity index (χ2v) is 8.10. The lowest BCUT2D eigenvalue weighted by Crippen LogP contribution is -2.45. The van der Waals surface area contributed by atoms with Gasteiger partial charge in [-0.15, -0.1) is 0 Å². The van der Waals surface area contributed by atoms with Crippen molar-refractivity contribution in [3.05, 3.63) is 29.6 Å². The lowest BCUT2D eigenvalue weighted by atomic mass is 9.91. The minimum atomic E-state index is -0.518. The van der Waals surface area contributed by atoms with Crippen LogP contribution < -0.4 is 10.6 Å². The van der Waals surface area contributed by atoms with Crippen LogP contribution in [0.4, 0.5) is 4.79 Å². The number of nitriles is 1. The molecule has 148 valence electrons. The Balaban J connectivity index is 1.51. The zero-order chi connectivity index (χ0) is 20.3. The van der Waals surface area contributed by atoms with E-state index >= 15 is 0 Å². The van der Waals surface area contributed by atoms with Gasteiger partial charge < -0.3 is 20.4 Å². The molecule has 0 bridgehead atoms. The van der Waals surface area contributed by atoms with Gasteiger partial charge in [-0.05, 0) is 64.7 Å². The van der Waals surface area contributed by atoms with Crippen LogP contribution in [0.3, 0.4) is 0 Å². The molecule has 0 spiro atoms. The van der Waals surface area contributed by atoms with E-state index in [1.165, 1.54) is 0 Å². The van der Waals surface area contributed by atoms with Crippen molar-refractivity contribution in [1.82, 2.24) is 20.6 Å². The average Bonchev–Trinajstić information content (AvgIpc) is 3.05. The summed E-state index contributed by atoms with van der Waals surface area (Å²) in [7, 11) is 0. The summed E-state index contributed by atoms with van der Waals surface area (Å²) in [5, 5.41) is 14.8. The summed E-state index contributed by atoms with van der Waals surface area (Å²) < 4.78 is 5.28. The van der Waals surface area contributed by atoms with Gasteiger partial charge in [-0.2, -0.15) is 5.26 Å². The maximum absolute atomic E-state index is 12.5. The van der Waals surface area contributed by atoms with E-state index in [1.807, 2.05) is 20.8 Å². The number of amides is 2. The highest BCUT2D eigenvalue weighted by Gasteiger charge is 2.26. The fourth-order valence-electron chi connectivity index (χ4n) is 3.30. The number of ether oxygens (including phenoxy) is 1. The number of fused-ring (bicyclic) bond motifs is 1. The number of hydrogen-bond acceptors (Lipinski definition) is 5. The lowest BCUT2D eigenvalue weighted by Gasteiger charge is -2.30. The molecule has 0 radical (unpaired) electrons. The first kappa shape index (κ1) is 19.7. The Morgan fingerprint density at radius 2 is 1.82 bits per heavy atom. The monoisotopic (exact) mass is 383 g/mol. The standard InChI is InChI=1S/C20H25N5O3/c1-20(2,3)28-19(27)23-14-7-5-13(6-8-14)22-18(26)17-24-15-9-4-12(11-21)10-16(15)25-17/h4,9-10,13-14H,5-8H2,1-3H3,(H,22,26)(H,23,27)(H,24,25)/t13-,14-. The van der Waals surface area contributed by atoms with Crippen LogP contribution in [0.2, 0.25) is 0 Å². The first-order chi connectivity index (χ1) is 13.2. The lowest BCUT2D eigenvalue weighted by molar-refractivity contribution is 0.0488. The number of alkyl carbamates (subject to hydrolysis) is 1. The zero-order valence-corrected chi connectivity index (χ0v) is 16.3. The van der Waals surface area contributed by atoms with Gasteiger partial charge in [-0.1, -0.05) is 0 Å². The largest absolute Gasteiger partial charge is 0.444 e. The minimum absolute atomic E-state index is 0.0343. The second kappa shape index (κ2) is 7.89. The van der Waals surface area contributed by atoms with Crippen molar-refractivity contribution in [2.75, 3.05) is 0 Å². The van der Waals surface area contributed by atoms with Crippen molar-refractivity contribution in [1.29, 1.82) is 5.26 Å². The maximum Gasteiger partial charge on any atom is 0.407 e. The molecule has 1 aliphatic carbocycles. The summed E-state index contributed by atoms with van der Waals surface area (Å²) in [5.74, 6) is -0.0302. The first-order valence-electron chi connectivity index (χ1n) is 9.44. The number of hydrogen-bond donors (Lipinski definition) is 3. The van der Waals surface area contributed by atoms with E-state index in [9.17, 15) is 9.59 Å². The van der Waals surface area contributed by atoms with Crippen LogP contribution in [0.15, 0.2) is 18.2 Å². The topological polar surface area (TPSA) is 120 Å². The number of carbonyl (C=O) groups is 2. The number of benzene rings is 1. The van der Waals surface area contributed by atoms with Crippen molar-refractivity contribution in [3.63, 3.8) is 0 Å². The molecule has 3 rings (SSSR count). The van der Waals surface area contributed by atoms with Crippen molar-refractivity contribution < 1.29 is 14.3 Å². The van der Waals surface area contributed by atoms with Gasteiger partial charge in [-0.3, -0.25) is 4.79 Å². The summed E-state index contributed by atoms with van der Waals surface area (Å²) in [4.78, 5) is 31.6. The summed E-state index contributed by atoms with van der Waals surface area (Å²) in [6, 6.07) is 7.22. The number of nitrogens with zero attached hydrogens (tertiary/aromatic N) is 2. The molecule has 0 saturated heterocycles. The Hall–Kier alpha value is -3.08. The van der Waals surface area contributed by atoms with E-state index in [4.69, 9.17) is 10.00 Å². The average molecular weight is 383 g/mol. The maximum atomic E-state index is 12.5. The molecule has 1 aromatic heterocycles.